The van der Waals surface area contributed by atoms with Gasteiger partial charge in [0.05, 0.1) is 5.70 Å². The zero-order valence-electron chi connectivity index (χ0n) is 34.6. The van der Waals surface area contributed by atoms with Gasteiger partial charge >= 0.3 is 0 Å². The third kappa shape index (κ3) is 9.18. The quantitative estimate of drug-likeness (QED) is 0.116. The van der Waals surface area contributed by atoms with E-state index < -0.39 is 0 Å². The van der Waals surface area contributed by atoms with Gasteiger partial charge in [0.15, 0.2) is 0 Å². The lowest BCUT2D eigenvalue weighted by molar-refractivity contribution is 0.967. The van der Waals surface area contributed by atoms with Crippen molar-refractivity contribution in [1.29, 1.82) is 0 Å². The molecule has 0 aliphatic carbocycles. The van der Waals surface area contributed by atoms with Crippen LogP contribution in [0.2, 0.25) is 0 Å². The Morgan fingerprint density at radius 1 is 0.311 bits per heavy atom. The van der Waals surface area contributed by atoms with E-state index in [-0.39, 0.29) is 5.92 Å². The van der Waals surface area contributed by atoms with E-state index in [1.54, 1.807) is 0 Å². The predicted octanol–water partition coefficient (Wildman–Crippen LogP) is 16.3. The lowest BCUT2D eigenvalue weighted by Crippen LogP contribution is -1.98. The Hall–Kier alpha value is -7.61. The number of allylic oxidation sites excluding steroid dienone is 1. The molecule has 61 heavy (non-hydrogen) atoms. The van der Waals surface area contributed by atoms with Gasteiger partial charge < -0.3 is 0 Å². The Morgan fingerprint density at radius 2 is 0.557 bits per heavy atom. The summed E-state index contributed by atoms with van der Waals surface area (Å²) in [5.74, 6) is 0.132. The first kappa shape index (κ1) is 38.9. The molecule has 0 aliphatic rings. The van der Waals surface area contributed by atoms with Crippen LogP contribution in [0.1, 0.15) is 36.5 Å². The van der Waals surface area contributed by atoms with Crippen molar-refractivity contribution in [2.75, 3.05) is 0 Å². The molecule has 0 spiro atoms. The average Bonchev–Trinajstić information content (AvgIpc) is 3.35. The summed E-state index contributed by atoms with van der Waals surface area (Å²) < 4.78 is 0. The summed E-state index contributed by atoms with van der Waals surface area (Å²) >= 11 is 0. The summed E-state index contributed by atoms with van der Waals surface area (Å²) in [5.41, 5.74) is 19.8. The van der Waals surface area contributed by atoms with Gasteiger partial charge in [-0.3, -0.25) is 4.99 Å². The van der Waals surface area contributed by atoms with E-state index in [9.17, 15) is 0 Å². The van der Waals surface area contributed by atoms with Gasteiger partial charge in [0.1, 0.15) is 0 Å². The molecular formula is C60H47N. The van der Waals surface area contributed by atoms with Gasteiger partial charge in [-0.15, -0.1) is 0 Å². The molecule has 0 saturated heterocycles. The van der Waals surface area contributed by atoms with E-state index in [2.05, 4.69) is 257 Å². The molecule has 0 aliphatic heterocycles. The highest BCUT2D eigenvalue weighted by Gasteiger charge is 2.11. The zero-order chi connectivity index (χ0) is 41.4. The molecule has 1 nitrogen and oxygen atoms in total. The van der Waals surface area contributed by atoms with E-state index in [1.165, 1.54) is 72.3 Å². The third-order valence-corrected chi connectivity index (χ3v) is 11.6. The third-order valence-electron chi connectivity index (χ3n) is 11.6. The summed E-state index contributed by atoms with van der Waals surface area (Å²) in [5, 5.41) is 0. The van der Waals surface area contributed by atoms with Crippen molar-refractivity contribution in [3.63, 3.8) is 0 Å². The van der Waals surface area contributed by atoms with Crippen LogP contribution in [0.15, 0.2) is 248 Å². The Kier molecular flexibility index (Phi) is 11.5. The minimum absolute atomic E-state index is 0.132. The number of aliphatic imine (C=N–C) groups is 1. The second-order valence-corrected chi connectivity index (χ2v) is 15.6. The minimum Gasteiger partial charge on any atom is -0.253 e. The molecule has 9 aromatic carbocycles. The summed E-state index contributed by atoms with van der Waals surface area (Å²) in [6, 6.07) is 84.7. The maximum atomic E-state index is 5.35. The van der Waals surface area contributed by atoms with E-state index in [1.807, 2.05) is 0 Å². The Balaban J connectivity index is 0.982. The molecule has 1 unspecified atom stereocenters. The lowest BCUT2D eigenvalue weighted by atomic mass is 9.94. The number of rotatable bonds is 11. The average molecular weight is 782 g/mol. The summed E-state index contributed by atoms with van der Waals surface area (Å²) in [6.07, 6.45) is 2.31. The van der Waals surface area contributed by atoms with Gasteiger partial charge in [-0.05, 0) is 90.4 Å². The van der Waals surface area contributed by atoms with Crippen LogP contribution in [-0.4, -0.2) is 5.71 Å². The molecule has 0 N–H and O–H groups in total. The Labute approximate surface area is 360 Å². The fourth-order valence-corrected chi connectivity index (χ4v) is 7.95. The summed E-state index contributed by atoms with van der Waals surface area (Å²) in [7, 11) is 0. The van der Waals surface area contributed by atoms with Gasteiger partial charge in [-0.25, -0.2) is 0 Å². The number of nitrogens with zero attached hydrogens (tertiary/aromatic N) is 1. The fourth-order valence-electron chi connectivity index (χ4n) is 7.95. The Bertz CT molecular complexity index is 2870. The van der Waals surface area contributed by atoms with Crippen LogP contribution in [0.4, 0.5) is 0 Å². The van der Waals surface area contributed by atoms with Crippen LogP contribution in [-0.2, 0) is 0 Å². The number of benzene rings is 9. The maximum Gasteiger partial charge on any atom is 0.0671 e. The van der Waals surface area contributed by atoms with Crippen LogP contribution >= 0.6 is 0 Å². The van der Waals surface area contributed by atoms with Crippen molar-refractivity contribution in [1.82, 2.24) is 0 Å². The van der Waals surface area contributed by atoms with Crippen molar-refractivity contribution in [2.45, 2.75) is 19.8 Å². The summed E-state index contributed by atoms with van der Waals surface area (Å²) in [6.45, 7) is 4.37. The topological polar surface area (TPSA) is 12.4 Å². The highest BCUT2D eigenvalue weighted by molar-refractivity contribution is 6.02. The molecule has 9 aromatic rings. The molecule has 0 fully saturated rings. The standard InChI is InChI=1S/C60H47N/c1-43(45-18-22-53(23-19-45)55-32-26-50(27-33-55)47-12-6-3-7-13-47)42-60(59-40-38-58(39-41-59)57-36-30-52(31-37-57)49-16-10-5-11-17-49)61-44(2)46-20-24-54(25-21-46)56-34-28-51(29-35-56)48-14-8-4-9-15-48/h3-43H,1-2H3/b60-42-,61-44?. The van der Waals surface area contributed by atoms with Crippen molar-refractivity contribution in [3.05, 3.63) is 259 Å². The van der Waals surface area contributed by atoms with Crippen LogP contribution in [0.25, 0.3) is 72.5 Å². The van der Waals surface area contributed by atoms with Crippen molar-refractivity contribution >= 4 is 11.4 Å². The summed E-state index contributed by atoms with van der Waals surface area (Å²) in [4.78, 5) is 5.35. The monoisotopic (exact) mass is 781 g/mol. The molecule has 0 amide bonds. The van der Waals surface area contributed by atoms with E-state index >= 15 is 0 Å². The molecule has 9 rings (SSSR count). The SMILES string of the molecule is CC(=N/C(=C\C(C)c1ccc(-c2ccc(-c3ccccc3)cc2)cc1)c1ccc(-c2ccc(-c3ccccc3)cc2)cc1)c1ccc(-c2ccc(-c3ccccc3)cc2)cc1. The number of hydrogen-bond acceptors (Lipinski definition) is 1. The molecule has 0 bridgehead atoms. The van der Waals surface area contributed by atoms with Gasteiger partial charge in [-0.2, -0.15) is 0 Å². The van der Waals surface area contributed by atoms with Gasteiger partial charge in [-0.1, -0.05) is 250 Å². The number of hydrogen-bond donors (Lipinski definition) is 0. The van der Waals surface area contributed by atoms with E-state index in [4.69, 9.17) is 4.99 Å². The second kappa shape index (κ2) is 18.1. The highest BCUT2D eigenvalue weighted by Crippen LogP contribution is 2.32. The fraction of sp³-hybridized carbons (Fsp3) is 0.0500. The van der Waals surface area contributed by atoms with Crippen LogP contribution in [0, 0.1) is 0 Å². The molecule has 1 heteroatoms. The molecule has 292 valence electrons. The van der Waals surface area contributed by atoms with E-state index in [0.29, 0.717) is 0 Å². The second-order valence-electron chi connectivity index (χ2n) is 15.6. The van der Waals surface area contributed by atoms with Gasteiger partial charge in [0, 0.05) is 11.6 Å². The van der Waals surface area contributed by atoms with Crippen molar-refractivity contribution in [2.24, 2.45) is 4.99 Å². The Morgan fingerprint density at radius 3 is 0.869 bits per heavy atom. The first-order chi connectivity index (χ1) is 30.0. The minimum atomic E-state index is 0.132. The van der Waals surface area contributed by atoms with Crippen LogP contribution in [0.5, 0.6) is 0 Å². The van der Waals surface area contributed by atoms with Crippen LogP contribution < -0.4 is 0 Å². The first-order valence-corrected chi connectivity index (χ1v) is 21.1. The maximum absolute atomic E-state index is 5.35. The van der Waals surface area contributed by atoms with Gasteiger partial charge in [0.25, 0.3) is 0 Å². The van der Waals surface area contributed by atoms with Crippen LogP contribution in [0.3, 0.4) is 0 Å². The highest BCUT2D eigenvalue weighted by atomic mass is 14.8. The molecule has 0 radical (unpaired) electrons. The van der Waals surface area contributed by atoms with E-state index in [0.717, 1.165) is 22.5 Å². The van der Waals surface area contributed by atoms with Gasteiger partial charge in [0.2, 0.25) is 0 Å². The smallest absolute Gasteiger partial charge is 0.0671 e. The molecule has 1 atom stereocenters. The molecule has 0 saturated carbocycles. The first-order valence-electron chi connectivity index (χ1n) is 21.1. The molecule has 0 aromatic heterocycles. The molecule has 0 heterocycles. The van der Waals surface area contributed by atoms with Crippen molar-refractivity contribution in [3.8, 4) is 66.8 Å². The normalized spacial score (nSPS) is 12.2. The predicted molar refractivity (Wildman–Crippen MR) is 261 cm³/mol. The largest absolute Gasteiger partial charge is 0.253 e. The van der Waals surface area contributed by atoms with Crippen molar-refractivity contribution < 1.29 is 0 Å². The lowest BCUT2D eigenvalue weighted by Gasteiger charge is -2.13. The zero-order valence-corrected chi connectivity index (χ0v) is 34.6. The molecular weight excluding hydrogens is 735 g/mol.